The molecule has 0 bridgehead atoms. The van der Waals surface area contributed by atoms with E-state index in [1.165, 1.54) is 29.8 Å². The number of alkyl halides is 1. The molecular formula is C25H29F2N5O5S. The monoisotopic (exact) mass is 549 g/mol. The van der Waals surface area contributed by atoms with Crippen molar-refractivity contribution >= 4 is 27.5 Å². The Morgan fingerprint density at radius 3 is 2.87 bits per heavy atom. The Morgan fingerprint density at radius 1 is 1.32 bits per heavy atom. The number of nitrogens with one attached hydrogen (secondary N) is 1. The number of benzene rings is 1. The number of amides is 1. The maximum Gasteiger partial charge on any atom is 0.303 e. The number of aromatic nitrogens is 2. The Bertz CT molecular complexity index is 1440. The summed E-state index contributed by atoms with van der Waals surface area (Å²) < 4.78 is 69.9. The fraction of sp³-hybridized carbons (Fsp3) is 0.440. The van der Waals surface area contributed by atoms with E-state index in [2.05, 4.69) is 4.98 Å². The van der Waals surface area contributed by atoms with Gasteiger partial charge in [-0.05, 0) is 30.3 Å². The molecule has 204 valence electrons. The van der Waals surface area contributed by atoms with Gasteiger partial charge in [-0.25, -0.2) is 18.5 Å². The first kappa shape index (κ1) is 26.3. The molecule has 13 heteroatoms. The standard InChI is InChI=1S/C25H29F2N5O5S/c1-3-30(2)38(34,35)29-25(33)22-12-28-24-7-5-18(14-32(22)24)31-13-17(27)11-21(31)20-10-16(26)4-6-23(20)37-19-8-9-36-15-19/h4-7,10,12,14,17,19,21H,3,8-9,11,13,15H2,1-2H3,(H,29,33)/t17-,19+,21+/m0/s1. The van der Waals surface area contributed by atoms with Gasteiger partial charge in [-0.15, -0.1) is 0 Å². The topological polar surface area (TPSA) is 105 Å². The summed E-state index contributed by atoms with van der Waals surface area (Å²) in [5.41, 5.74) is 1.49. The van der Waals surface area contributed by atoms with Crippen LogP contribution in [0.5, 0.6) is 5.75 Å². The quantitative estimate of drug-likeness (QED) is 0.461. The Balaban J connectivity index is 1.48. The first-order valence-electron chi connectivity index (χ1n) is 12.4. The third-order valence-corrected chi connectivity index (χ3v) is 8.42. The van der Waals surface area contributed by atoms with Crippen molar-refractivity contribution in [3.8, 4) is 5.75 Å². The number of ether oxygens (including phenoxy) is 2. The zero-order valence-corrected chi connectivity index (χ0v) is 21.8. The predicted molar refractivity (Wildman–Crippen MR) is 136 cm³/mol. The van der Waals surface area contributed by atoms with Crippen LogP contribution in [0.2, 0.25) is 0 Å². The van der Waals surface area contributed by atoms with E-state index in [9.17, 15) is 22.0 Å². The summed E-state index contributed by atoms with van der Waals surface area (Å²) in [6.45, 7) is 2.89. The molecule has 0 unspecified atom stereocenters. The highest BCUT2D eigenvalue weighted by Gasteiger charge is 2.36. The van der Waals surface area contributed by atoms with Crippen LogP contribution >= 0.6 is 0 Å². The first-order valence-corrected chi connectivity index (χ1v) is 13.8. The van der Waals surface area contributed by atoms with Gasteiger partial charge in [0.05, 0.1) is 31.1 Å². The smallest absolute Gasteiger partial charge is 0.303 e. The molecule has 2 aliphatic heterocycles. The summed E-state index contributed by atoms with van der Waals surface area (Å²) in [6, 6.07) is 7.09. The molecule has 0 saturated carbocycles. The van der Waals surface area contributed by atoms with Crippen molar-refractivity contribution in [3.63, 3.8) is 0 Å². The highest BCUT2D eigenvalue weighted by molar-refractivity contribution is 7.87. The molecule has 3 atom stereocenters. The van der Waals surface area contributed by atoms with Crippen LogP contribution in [0, 0.1) is 5.82 Å². The Labute approximate surface area is 219 Å². The van der Waals surface area contributed by atoms with Crippen LogP contribution < -0.4 is 14.4 Å². The predicted octanol–water partition coefficient (Wildman–Crippen LogP) is 2.86. The average molecular weight is 550 g/mol. The zero-order chi connectivity index (χ0) is 27.0. The second-order valence-corrected chi connectivity index (χ2v) is 11.2. The Hall–Kier alpha value is -3.29. The number of hydrogen-bond donors (Lipinski definition) is 1. The molecule has 5 rings (SSSR count). The summed E-state index contributed by atoms with van der Waals surface area (Å²) in [5.74, 6) is -0.838. The molecule has 2 aliphatic rings. The minimum absolute atomic E-state index is 0.00140. The minimum Gasteiger partial charge on any atom is -0.488 e. The third-order valence-electron chi connectivity index (χ3n) is 6.89. The number of hydrogen-bond acceptors (Lipinski definition) is 7. The van der Waals surface area contributed by atoms with Gasteiger partial charge in [0.2, 0.25) is 0 Å². The van der Waals surface area contributed by atoms with E-state index < -0.39 is 34.1 Å². The van der Waals surface area contributed by atoms with Gasteiger partial charge in [0.15, 0.2) is 0 Å². The minimum atomic E-state index is -4.03. The molecule has 0 radical (unpaired) electrons. The molecule has 0 spiro atoms. The maximum absolute atomic E-state index is 14.8. The molecule has 1 amide bonds. The van der Waals surface area contributed by atoms with Gasteiger partial charge in [0.1, 0.15) is 35.2 Å². The van der Waals surface area contributed by atoms with E-state index in [1.807, 2.05) is 4.72 Å². The highest BCUT2D eigenvalue weighted by atomic mass is 32.2. The number of halogens is 2. The lowest BCUT2D eigenvalue weighted by molar-refractivity contribution is 0.0973. The van der Waals surface area contributed by atoms with E-state index in [1.54, 1.807) is 36.2 Å². The lowest BCUT2D eigenvalue weighted by Gasteiger charge is -2.29. The van der Waals surface area contributed by atoms with E-state index >= 15 is 0 Å². The molecule has 0 aliphatic carbocycles. The van der Waals surface area contributed by atoms with Gasteiger partial charge >= 0.3 is 10.2 Å². The van der Waals surface area contributed by atoms with Crippen LogP contribution in [0.15, 0.2) is 42.7 Å². The third kappa shape index (κ3) is 5.18. The molecular weight excluding hydrogens is 520 g/mol. The van der Waals surface area contributed by atoms with E-state index in [0.29, 0.717) is 42.3 Å². The number of anilines is 1. The number of fused-ring (bicyclic) bond motifs is 1. The molecule has 3 aromatic rings. The van der Waals surface area contributed by atoms with Gasteiger partial charge in [-0.3, -0.25) is 9.20 Å². The SMILES string of the molecule is CCN(C)S(=O)(=O)NC(=O)c1cnc2ccc(N3C[C@@H](F)C[C@@H]3c3cc(F)ccc3O[C@@H]3CCOC3)cn12. The second kappa shape index (κ2) is 10.5. The van der Waals surface area contributed by atoms with Crippen molar-refractivity contribution in [1.82, 2.24) is 18.4 Å². The van der Waals surface area contributed by atoms with Crippen LogP contribution in [0.25, 0.3) is 5.65 Å². The number of carbonyl (C=O) groups excluding carboxylic acids is 1. The van der Waals surface area contributed by atoms with Gasteiger partial charge in [-0.1, -0.05) is 6.92 Å². The Kier molecular flexibility index (Phi) is 7.25. The molecule has 38 heavy (non-hydrogen) atoms. The molecule has 2 aromatic heterocycles. The van der Waals surface area contributed by atoms with Crippen LogP contribution in [0.1, 0.15) is 41.9 Å². The number of rotatable bonds is 8. The normalized spacial score (nSPS) is 21.9. The second-order valence-electron chi connectivity index (χ2n) is 9.40. The summed E-state index contributed by atoms with van der Waals surface area (Å²) in [4.78, 5) is 18.8. The molecule has 1 aromatic carbocycles. The van der Waals surface area contributed by atoms with Crippen LogP contribution in [0.3, 0.4) is 0 Å². The van der Waals surface area contributed by atoms with E-state index in [4.69, 9.17) is 9.47 Å². The summed E-state index contributed by atoms with van der Waals surface area (Å²) in [5, 5.41) is 0. The first-order chi connectivity index (χ1) is 18.2. The lowest BCUT2D eigenvalue weighted by Crippen LogP contribution is -2.41. The molecule has 2 fully saturated rings. The molecule has 1 N–H and O–H groups in total. The lowest BCUT2D eigenvalue weighted by atomic mass is 10.0. The van der Waals surface area contributed by atoms with Crippen LogP contribution in [0.4, 0.5) is 14.5 Å². The van der Waals surface area contributed by atoms with Gasteiger partial charge in [-0.2, -0.15) is 12.7 Å². The van der Waals surface area contributed by atoms with Crippen molar-refractivity contribution in [2.24, 2.45) is 0 Å². The van der Waals surface area contributed by atoms with E-state index in [0.717, 1.165) is 4.31 Å². The molecule has 10 nitrogen and oxygen atoms in total. The van der Waals surface area contributed by atoms with Gasteiger partial charge in [0.25, 0.3) is 5.91 Å². The fourth-order valence-corrected chi connectivity index (χ4v) is 5.60. The van der Waals surface area contributed by atoms with Gasteiger partial charge < -0.3 is 14.4 Å². The Morgan fingerprint density at radius 2 is 2.13 bits per heavy atom. The number of pyridine rings is 1. The number of carbonyl (C=O) groups is 1. The maximum atomic E-state index is 14.8. The fourth-order valence-electron chi connectivity index (χ4n) is 4.76. The van der Waals surface area contributed by atoms with Crippen molar-refractivity contribution < 1.29 is 31.5 Å². The van der Waals surface area contributed by atoms with Crippen molar-refractivity contribution in [2.45, 2.75) is 38.1 Å². The van der Waals surface area contributed by atoms with E-state index in [-0.39, 0.29) is 31.3 Å². The van der Waals surface area contributed by atoms with Crippen LogP contribution in [-0.4, -0.2) is 73.6 Å². The number of nitrogens with zero attached hydrogens (tertiary/aromatic N) is 4. The highest BCUT2D eigenvalue weighted by Crippen LogP contribution is 2.42. The zero-order valence-electron chi connectivity index (χ0n) is 21.0. The molecule has 2 saturated heterocycles. The largest absolute Gasteiger partial charge is 0.488 e. The van der Waals surface area contributed by atoms with Crippen molar-refractivity contribution in [2.75, 3.05) is 38.3 Å². The summed E-state index contributed by atoms with van der Waals surface area (Å²) >= 11 is 0. The van der Waals surface area contributed by atoms with Gasteiger partial charge in [0, 0.05) is 44.7 Å². The molecule has 4 heterocycles. The average Bonchev–Trinajstić information content (AvgIpc) is 3.63. The van der Waals surface area contributed by atoms with Crippen molar-refractivity contribution in [1.29, 1.82) is 0 Å². The number of imidazole rings is 1. The summed E-state index contributed by atoms with van der Waals surface area (Å²) in [6.07, 6.45) is 2.37. The van der Waals surface area contributed by atoms with Crippen LogP contribution in [-0.2, 0) is 14.9 Å². The van der Waals surface area contributed by atoms with Crippen molar-refractivity contribution in [3.05, 3.63) is 59.8 Å². The summed E-state index contributed by atoms with van der Waals surface area (Å²) in [7, 11) is -2.67.